The Kier molecular flexibility index (Phi) is 6.24. The van der Waals surface area contributed by atoms with Gasteiger partial charge in [0.2, 0.25) is 0 Å². The Bertz CT molecular complexity index is 471. The van der Waals surface area contributed by atoms with Gasteiger partial charge in [0, 0.05) is 18.5 Å². The van der Waals surface area contributed by atoms with E-state index >= 15 is 0 Å². The molecule has 1 aromatic rings. The van der Waals surface area contributed by atoms with E-state index in [9.17, 15) is 4.79 Å². The average molecular weight is 309 g/mol. The standard InChI is InChI=1S/C16H27N3O3/c1-4-12(5-2)15-9-14(22-18-15)10-17-16(20)19-7-8-21-11-13(19)6-3/h9,12-13H,4-8,10-11H2,1-3H3,(H,17,20)/t13-/m0/s1. The fourth-order valence-corrected chi connectivity index (χ4v) is 2.84. The topological polar surface area (TPSA) is 67.6 Å². The predicted octanol–water partition coefficient (Wildman–Crippen LogP) is 2.90. The molecule has 0 unspecified atom stereocenters. The predicted molar refractivity (Wildman–Crippen MR) is 83.7 cm³/mol. The van der Waals surface area contributed by atoms with Crippen molar-refractivity contribution in [3.05, 3.63) is 17.5 Å². The van der Waals surface area contributed by atoms with Crippen LogP contribution in [-0.4, -0.2) is 41.9 Å². The van der Waals surface area contributed by atoms with Gasteiger partial charge in [0.25, 0.3) is 0 Å². The molecule has 124 valence electrons. The number of nitrogens with one attached hydrogen (secondary N) is 1. The maximum absolute atomic E-state index is 12.3. The summed E-state index contributed by atoms with van der Waals surface area (Å²) in [7, 11) is 0. The molecule has 2 rings (SSSR count). The Hall–Kier alpha value is -1.56. The second kappa shape index (κ2) is 8.17. The van der Waals surface area contributed by atoms with Gasteiger partial charge in [-0.15, -0.1) is 0 Å². The molecule has 2 heterocycles. The first-order chi connectivity index (χ1) is 10.7. The van der Waals surface area contributed by atoms with E-state index in [0.717, 1.165) is 25.0 Å². The molecule has 1 aliphatic rings. The summed E-state index contributed by atoms with van der Waals surface area (Å²) in [5, 5.41) is 7.04. The zero-order valence-corrected chi connectivity index (χ0v) is 13.8. The fraction of sp³-hybridized carbons (Fsp3) is 0.750. The maximum atomic E-state index is 12.3. The highest BCUT2D eigenvalue weighted by molar-refractivity contribution is 5.74. The fourth-order valence-electron chi connectivity index (χ4n) is 2.84. The van der Waals surface area contributed by atoms with E-state index in [1.54, 1.807) is 0 Å². The van der Waals surface area contributed by atoms with Crippen LogP contribution in [0.2, 0.25) is 0 Å². The quantitative estimate of drug-likeness (QED) is 0.877. The summed E-state index contributed by atoms with van der Waals surface area (Å²) in [5.41, 5.74) is 0.979. The van der Waals surface area contributed by atoms with Crippen LogP contribution in [0.1, 0.15) is 57.4 Å². The van der Waals surface area contributed by atoms with Gasteiger partial charge in [0.15, 0.2) is 5.76 Å². The summed E-state index contributed by atoms with van der Waals surface area (Å²) < 4.78 is 10.8. The summed E-state index contributed by atoms with van der Waals surface area (Å²) in [4.78, 5) is 14.1. The number of nitrogens with zero attached hydrogens (tertiary/aromatic N) is 2. The Morgan fingerprint density at radius 1 is 1.45 bits per heavy atom. The number of ether oxygens (including phenoxy) is 1. The molecule has 1 aliphatic heterocycles. The van der Waals surface area contributed by atoms with E-state index in [2.05, 4.69) is 31.2 Å². The average Bonchev–Trinajstić information content (AvgIpc) is 3.02. The molecule has 22 heavy (non-hydrogen) atoms. The van der Waals surface area contributed by atoms with E-state index in [1.165, 1.54) is 0 Å². The molecule has 1 aromatic heterocycles. The third-order valence-corrected chi connectivity index (χ3v) is 4.35. The second-order valence-corrected chi connectivity index (χ2v) is 5.72. The highest BCUT2D eigenvalue weighted by Crippen LogP contribution is 2.22. The number of carbonyl (C=O) groups excluding carboxylic acids is 1. The first kappa shape index (κ1) is 16.8. The Morgan fingerprint density at radius 2 is 2.23 bits per heavy atom. The number of aromatic nitrogens is 1. The molecule has 0 saturated carbocycles. The minimum atomic E-state index is -0.0596. The highest BCUT2D eigenvalue weighted by Gasteiger charge is 2.26. The number of amides is 2. The van der Waals surface area contributed by atoms with Crippen LogP contribution in [0, 0.1) is 0 Å². The largest absolute Gasteiger partial charge is 0.377 e. The second-order valence-electron chi connectivity index (χ2n) is 5.72. The highest BCUT2D eigenvalue weighted by atomic mass is 16.5. The molecule has 0 spiro atoms. The lowest BCUT2D eigenvalue weighted by molar-refractivity contribution is 0.0111. The Balaban J connectivity index is 1.88. The van der Waals surface area contributed by atoms with Crippen LogP contribution in [0.15, 0.2) is 10.6 Å². The smallest absolute Gasteiger partial charge is 0.318 e. The first-order valence-corrected chi connectivity index (χ1v) is 8.27. The summed E-state index contributed by atoms with van der Waals surface area (Å²) in [5.74, 6) is 1.13. The van der Waals surface area contributed by atoms with E-state index < -0.39 is 0 Å². The molecule has 0 aliphatic carbocycles. The van der Waals surface area contributed by atoms with Crippen molar-refractivity contribution in [1.29, 1.82) is 0 Å². The van der Waals surface area contributed by atoms with Crippen molar-refractivity contribution < 1.29 is 14.1 Å². The van der Waals surface area contributed by atoms with Crippen LogP contribution in [0.3, 0.4) is 0 Å². The van der Waals surface area contributed by atoms with Crippen molar-refractivity contribution in [2.45, 2.75) is 58.5 Å². The van der Waals surface area contributed by atoms with Crippen molar-refractivity contribution in [2.75, 3.05) is 19.8 Å². The van der Waals surface area contributed by atoms with Crippen molar-refractivity contribution >= 4 is 6.03 Å². The normalized spacial score (nSPS) is 18.7. The van der Waals surface area contributed by atoms with Crippen LogP contribution in [0.4, 0.5) is 4.79 Å². The molecule has 2 amide bonds. The minimum absolute atomic E-state index is 0.0596. The van der Waals surface area contributed by atoms with Crippen LogP contribution < -0.4 is 5.32 Å². The monoisotopic (exact) mass is 309 g/mol. The minimum Gasteiger partial charge on any atom is -0.377 e. The number of rotatable bonds is 6. The summed E-state index contributed by atoms with van der Waals surface area (Å²) in [6, 6.07) is 2.05. The molecule has 6 nitrogen and oxygen atoms in total. The molecule has 1 fully saturated rings. The number of carbonyl (C=O) groups is 1. The van der Waals surface area contributed by atoms with Gasteiger partial charge in [-0.1, -0.05) is 25.9 Å². The van der Waals surface area contributed by atoms with Crippen LogP contribution >= 0.6 is 0 Å². The number of hydrogen-bond donors (Lipinski definition) is 1. The van der Waals surface area contributed by atoms with Crippen molar-refractivity contribution in [3.63, 3.8) is 0 Å². The zero-order valence-electron chi connectivity index (χ0n) is 13.8. The van der Waals surface area contributed by atoms with E-state index in [-0.39, 0.29) is 12.1 Å². The van der Waals surface area contributed by atoms with Crippen molar-refractivity contribution in [1.82, 2.24) is 15.4 Å². The van der Waals surface area contributed by atoms with E-state index in [4.69, 9.17) is 9.26 Å². The van der Waals surface area contributed by atoms with Crippen LogP contribution in [0.25, 0.3) is 0 Å². The van der Waals surface area contributed by atoms with Gasteiger partial charge in [-0.05, 0) is 19.3 Å². The number of hydrogen-bond acceptors (Lipinski definition) is 4. The van der Waals surface area contributed by atoms with E-state index in [0.29, 0.717) is 38.0 Å². The third-order valence-electron chi connectivity index (χ3n) is 4.35. The molecular weight excluding hydrogens is 282 g/mol. The van der Waals surface area contributed by atoms with E-state index in [1.807, 2.05) is 11.0 Å². The molecule has 0 radical (unpaired) electrons. The van der Waals surface area contributed by atoms with Crippen LogP contribution in [0.5, 0.6) is 0 Å². The molecule has 1 N–H and O–H groups in total. The lowest BCUT2D eigenvalue weighted by Crippen LogP contribution is -2.52. The summed E-state index contributed by atoms with van der Waals surface area (Å²) in [6.07, 6.45) is 2.98. The van der Waals surface area contributed by atoms with Crippen molar-refractivity contribution in [2.24, 2.45) is 0 Å². The lowest BCUT2D eigenvalue weighted by Gasteiger charge is -2.34. The molecule has 6 heteroatoms. The molecule has 0 bridgehead atoms. The number of morpholine rings is 1. The summed E-state index contributed by atoms with van der Waals surface area (Å²) in [6.45, 7) is 8.59. The summed E-state index contributed by atoms with van der Waals surface area (Å²) >= 11 is 0. The van der Waals surface area contributed by atoms with Gasteiger partial charge < -0.3 is 19.5 Å². The van der Waals surface area contributed by atoms with Gasteiger partial charge in [0.05, 0.1) is 31.5 Å². The van der Waals surface area contributed by atoms with Crippen LogP contribution in [-0.2, 0) is 11.3 Å². The SMILES string of the molecule is CCC(CC)c1cc(CNC(=O)N2CCOC[C@@H]2CC)on1. The Morgan fingerprint density at radius 3 is 2.91 bits per heavy atom. The van der Waals surface area contributed by atoms with Gasteiger partial charge in [-0.2, -0.15) is 0 Å². The van der Waals surface area contributed by atoms with Gasteiger partial charge in [-0.3, -0.25) is 0 Å². The zero-order chi connectivity index (χ0) is 15.9. The Labute approximate surface area is 132 Å². The van der Waals surface area contributed by atoms with Gasteiger partial charge in [0.1, 0.15) is 0 Å². The van der Waals surface area contributed by atoms with Gasteiger partial charge in [-0.25, -0.2) is 4.79 Å². The molecule has 1 atom stereocenters. The van der Waals surface area contributed by atoms with Crippen molar-refractivity contribution in [3.8, 4) is 0 Å². The lowest BCUT2D eigenvalue weighted by atomic mass is 9.99. The molecule has 0 aromatic carbocycles. The van der Waals surface area contributed by atoms with Gasteiger partial charge >= 0.3 is 6.03 Å². The third kappa shape index (κ3) is 4.00. The molecular formula is C16H27N3O3. The number of urea groups is 1. The molecule has 1 saturated heterocycles. The first-order valence-electron chi connectivity index (χ1n) is 8.27. The maximum Gasteiger partial charge on any atom is 0.318 e.